The minimum atomic E-state index is -1.11. The van der Waals surface area contributed by atoms with Crippen molar-refractivity contribution in [2.24, 2.45) is 11.8 Å². The van der Waals surface area contributed by atoms with Gasteiger partial charge in [-0.3, -0.25) is 9.59 Å². The van der Waals surface area contributed by atoms with Crippen LogP contribution >= 0.6 is 0 Å². The van der Waals surface area contributed by atoms with Crippen molar-refractivity contribution in [2.45, 2.75) is 18.8 Å². The number of ether oxygens (including phenoxy) is 1. The molecule has 1 aliphatic carbocycles. The molecule has 5 nitrogen and oxygen atoms in total. The van der Waals surface area contributed by atoms with Gasteiger partial charge < -0.3 is 15.2 Å². The third-order valence-electron chi connectivity index (χ3n) is 5.68. The van der Waals surface area contributed by atoms with Crippen LogP contribution in [0, 0.1) is 11.8 Å². The minimum absolute atomic E-state index is 0.0553. The highest BCUT2D eigenvalue weighted by Crippen LogP contribution is 2.44. The van der Waals surface area contributed by atoms with Crippen molar-refractivity contribution in [3.63, 3.8) is 0 Å². The molecule has 2 atom stereocenters. The van der Waals surface area contributed by atoms with E-state index in [1.807, 2.05) is 36.4 Å². The van der Waals surface area contributed by atoms with Crippen LogP contribution in [0.2, 0.25) is 0 Å². The number of aliphatic carboxylic acids is 1. The van der Waals surface area contributed by atoms with Crippen LogP contribution in [0.3, 0.4) is 0 Å². The Morgan fingerprint density at radius 2 is 1.70 bits per heavy atom. The van der Waals surface area contributed by atoms with Gasteiger partial charge >= 0.3 is 11.9 Å². The van der Waals surface area contributed by atoms with Gasteiger partial charge in [0.15, 0.2) is 5.92 Å². The summed E-state index contributed by atoms with van der Waals surface area (Å²) in [5.41, 5.74) is 4.55. The lowest BCUT2D eigenvalue weighted by Crippen LogP contribution is -2.41. The van der Waals surface area contributed by atoms with Crippen LogP contribution in [0.5, 0.6) is 0 Å². The quantitative estimate of drug-likeness (QED) is 0.629. The summed E-state index contributed by atoms with van der Waals surface area (Å²) >= 11 is 0. The number of carboxylic acid groups (broad SMARTS) is 1. The number of carboxylic acids is 1. The van der Waals surface area contributed by atoms with Gasteiger partial charge in [-0.15, -0.1) is 0 Å². The number of nitrogens with one attached hydrogen (secondary N) is 1. The maximum Gasteiger partial charge on any atom is 0.320 e. The molecule has 0 spiro atoms. The molecule has 2 N–H and O–H groups in total. The van der Waals surface area contributed by atoms with Crippen molar-refractivity contribution in [2.75, 3.05) is 19.7 Å². The second-order valence-electron chi connectivity index (χ2n) is 7.28. The average Bonchev–Trinajstić information content (AvgIpc) is 3.01. The standard InChI is InChI=1S/C22H23NO4/c24-21(25)20(14-6-5-11-23-12-14)22(26)27-13-19-17-9-3-1-7-15(17)16-8-2-4-10-18(16)19/h1-4,7-10,14,19-20,23H,5-6,11-13H2,(H,24,25)/t14-,20+/m0/s1. The summed E-state index contributed by atoms with van der Waals surface area (Å²) in [7, 11) is 0. The highest BCUT2D eigenvalue weighted by Gasteiger charge is 2.38. The van der Waals surface area contributed by atoms with Gasteiger partial charge in [-0.1, -0.05) is 48.5 Å². The monoisotopic (exact) mass is 365 g/mol. The summed E-state index contributed by atoms with van der Waals surface area (Å²) < 4.78 is 5.57. The van der Waals surface area contributed by atoms with Crippen molar-refractivity contribution >= 4 is 11.9 Å². The van der Waals surface area contributed by atoms with Crippen LogP contribution in [-0.4, -0.2) is 36.7 Å². The van der Waals surface area contributed by atoms with Crippen LogP contribution in [0.1, 0.15) is 29.9 Å². The Hall–Kier alpha value is -2.66. The fourth-order valence-electron chi connectivity index (χ4n) is 4.35. The van der Waals surface area contributed by atoms with E-state index in [4.69, 9.17) is 4.74 Å². The van der Waals surface area contributed by atoms with Gasteiger partial charge in [0.1, 0.15) is 6.61 Å². The van der Waals surface area contributed by atoms with Gasteiger partial charge in [0.2, 0.25) is 0 Å². The summed E-state index contributed by atoms with van der Waals surface area (Å²) in [5.74, 6) is -3.10. The molecule has 1 heterocycles. The van der Waals surface area contributed by atoms with Crippen LogP contribution < -0.4 is 5.32 Å². The van der Waals surface area contributed by atoms with Gasteiger partial charge in [-0.05, 0) is 54.1 Å². The Morgan fingerprint density at radius 1 is 1.07 bits per heavy atom. The lowest BCUT2D eigenvalue weighted by atomic mass is 9.86. The fraction of sp³-hybridized carbons (Fsp3) is 0.364. The maximum atomic E-state index is 12.6. The molecule has 0 amide bonds. The molecule has 2 aliphatic rings. The first-order valence-corrected chi connectivity index (χ1v) is 9.45. The summed E-state index contributed by atoms with van der Waals surface area (Å²) in [6, 6.07) is 16.2. The number of fused-ring (bicyclic) bond motifs is 3. The van der Waals surface area contributed by atoms with Gasteiger partial charge in [0.25, 0.3) is 0 Å². The van der Waals surface area contributed by atoms with Crippen LogP contribution in [0.4, 0.5) is 0 Å². The number of carbonyl (C=O) groups excluding carboxylic acids is 1. The van der Waals surface area contributed by atoms with Crippen molar-refractivity contribution in [1.82, 2.24) is 5.32 Å². The largest absolute Gasteiger partial charge is 0.481 e. The first-order chi connectivity index (χ1) is 13.2. The predicted molar refractivity (Wildman–Crippen MR) is 101 cm³/mol. The molecule has 0 bridgehead atoms. The Balaban J connectivity index is 1.52. The molecule has 0 radical (unpaired) electrons. The topological polar surface area (TPSA) is 75.6 Å². The molecule has 0 unspecified atom stereocenters. The lowest BCUT2D eigenvalue weighted by molar-refractivity contribution is -0.162. The SMILES string of the molecule is O=C(O)[C@H](C(=O)OCC1c2ccccc2-c2ccccc21)[C@H]1CCCNC1. The van der Waals surface area contributed by atoms with E-state index in [-0.39, 0.29) is 18.4 Å². The molecule has 0 saturated carbocycles. The normalized spacial score (nSPS) is 19.8. The number of hydrogen-bond acceptors (Lipinski definition) is 4. The highest BCUT2D eigenvalue weighted by molar-refractivity contribution is 5.94. The van der Waals surface area contributed by atoms with Gasteiger partial charge in [-0.25, -0.2) is 0 Å². The number of rotatable bonds is 5. The molecule has 140 valence electrons. The Morgan fingerprint density at radius 3 is 2.26 bits per heavy atom. The molecular formula is C22H23NO4. The van der Waals surface area contributed by atoms with E-state index >= 15 is 0 Å². The van der Waals surface area contributed by atoms with Crippen molar-refractivity contribution < 1.29 is 19.4 Å². The maximum absolute atomic E-state index is 12.6. The van der Waals surface area contributed by atoms with E-state index < -0.39 is 17.9 Å². The molecule has 1 aliphatic heterocycles. The smallest absolute Gasteiger partial charge is 0.320 e. The Kier molecular flexibility index (Phi) is 4.94. The van der Waals surface area contributed by atoms with E-state index in [9.17, 15) is 14.7 Å². The van der Waals surface area contributed by atoms with Gasteiger partial charge in [-0.2, -0.15) is 0 Å². The first kappa shape index (κ1) is 17.7. The zero-order valence-corrected chi connectivity index (χ0v) is 15.1. The van der Waals surface area contributed by atoms with Gasteiger partial charge in [0, 0.05) is 5.92 Å². The zero-order chi connectivity index (χ0) is 18.8. The third-order valence-corrected chi connectivity index (χ3v) is 5.68. The molecule has 0 aromatic heterocycles. The van der Waals surface area contributed by atoms with Crippen LogP contribution in [0.25, 0.3) is 11.1 Å². The summed E-state index contributed by atoms with van der Waals surface area (Å²) in [6.45, 7) is 1.57. The van der Waals surface area contributed by atoms with Gasteiger partial charge in [0.05, 0.1) is 0 Å². The third kappa shape index (κ3) is 3.35. The van der Waals surface area contributed by atoms with E-state index in [0.717, 1.165) is 41.6 Å². The lowest BCUT2D eigenvalue weighted by Gasteiger charge is -2.27. The molecule has 4 rings (SSSR count). The second kappa shape index (κ2) is 7.53. The van der Waals surface area contributed by atoms with E-state index in [1.165, 1.54) is 0 Å². The molecule has 5 heteroatoms. The van der Waals surface area contributed by atoms with E-state index in [1.54, 1.807) is 0 Å². The summed E-state index contributed by atoms with van der Waals surface area (Å²) in [6.07, 6.45) is 1.61. The number of hydrogen-bond donors (Lipinski definition) is 2. The van der Waals surface area contributed by atoms with Crippen molar-refractivity contribution in [3.8, 4) is 11.1 Å². The van der Waals surface area contributed by atoms with E-state index in [0.29, 0.717) is 6.54 Å². The first-order valence-electron chi connectivity index (χ1n) is 9.45. The molecular weight excluding hydrogens is 342 g/mol. The second-order valence-corrected chi connectivity index (χ2v) is 7.28. The highest BCUT2D eigenvalue weighted by atomic mass is 16.5. The van der Waals surface area contributed by atoms with Crippen LogP contribution in [0.15, 0.2) is 48.5 Å². The Labute approximate surface area is 158 Å². The molecule has 1 fully saturated rings. The molecule has 27 heavy (non-hydrogen) atoms. The van der Waals surface area contributed by atoms with Crippen molar-refractivity contribution in [1.29, 1.82) is 0 Å². The number of piperidine rings is 1. The summed E-state index contributed by atoms with van der Waals surface area (Å²) in [4.78, 5) is 24.3. The Bertz CT molecular complexity index is 811. The number of esters is 1. The average molecular weight is 365 g/mol. The molecule has 1 saturated heterocycles. The predicted octanol–water partition coefficient (Wildman–Crippen LogP) is 3.04. The van der Waals surface area contributed by atoms with Crippen LogP contribution in [-0.2, 0) is 14.3 Å². The number of carbonyl (C=O) groups is 2. The summed E-state index contributed by atoms with van der Waals surface area (Å²) in [5, 5.41) is 12.8. The molecule has 2 aromatic rings. The minimum Gasteiger partial charge on any atom is -0.481 e. The number of benzene rings is 2. The molecule has 2 aromatic carbocycles. The van der Waals surface area contributed by atoms with E-state index in [2.05, 4.69) is 17.4 Å². The fourth-order valence-corrected chi connectivity index (χ4v) is 4.35. The van der Waals surface area contributed by atoms with Crippen molar-refractivity contribution in [3.05, 3.63) is 59.7 Å². The zero-order valence-electron chi connectivity index (χ0n) is 15.1.